The van der Waals surface area contributed by atoms with Crippen LogP contribution in [0, 0.1) is 5.92 Å². The molecule has 6 heteroatoms. The van der Waals surface area contributed by atoms with Crippen LogP contribution in [0.2, 0.25) is 0 Å². The van der Waals surface area contributed by atoms with Crippen molar-refractivity contribution in [3.05, 3.63) is 35.9 Å². The molecule has 130 valence electrons. The van der Waals surface area contributed by atoms with Crippen LogP contribution < -0.4 is 11.2 Å². The van der Waals surface area contributed by atoms with E-state index in [0.29, 0.717) is 19.3 Å². The van der Waals surface area contributed by atoms with Gasteiger partial charge in [-0.25, -0.2) is 5.48 Å². The molecule has 0 saturated heterocycles. The summed E-state index contributed by atoms with van der Waals surface area (Å²) in [5, 5.41) is 28.9. The van der Waals surface area contributed by atoms with Crippen LogP contribution in [-0.2, 0) is 11.2 Å². The van der Waals surface area contributed by atoms with Crippen LogP contribution in [-0.4, -0.2) is 39.1 Å². The minimum atomic E-state index is -0.912. The summed E-state index contributed by atoms with van der Waals surface area (Å²) in [5.74, 6) is -1.18. The summed E-state index contributed by atoms with van der Waals surface area (Å²) in [6, 6.07) is 9.06. The van der Waals surface area contributed by atoms with Gasteiger partial charge in [-0.1, -0.05) is 30.3 Å². The molecule has 1 amide bonds. The first-order chi connectivity index (χ1) is 10.7. The SMILES string of the molecule is CC(C)(O)CC[C@H](C[C@H](O)[C@@H](N)Cc1ccccc1)C(=O)NO. The van der Waals surface area contributed by atoms with Gasteiger partial charge < -0.3 is 15.9 Å². The van der Waals surface area contributed by atoms with E-state index in [1.54, 1.807) is 19.3 Å². The molecule has 0 bridgehead atoms. The Labute approximate surface area is 137 Å². The van der Waals surface area contributed by atoms with Gasteiger partial charge in [0.25, 0.3) is 0 Å². The highest BCUT2D eigenvalue weighted by atomic mass is 16.5. The molecule has 0 saturated carbocycles. The number of hydroxylamine groups is 1. The van der Waals surface area contributed by atoms with E-state index in [1.807, 2.05) is 30.3 Å². The maximum absolute atomic E-state index is 11.8. The highest BCUT2D eigenvalue weighted by Crippen LogP contribution is 2.21. The van der Waals surface area contributed by atoms with Crippen molar-refractivity contribution >= 4 is 5.91 Å². The number of benzene rings is 1. The zero-order valence-electron chi connectivity index (χ0n) is 13.8. The second-order valence-electron chi connectivity index (χ2n) is 6.68. The van der Waals surface area contributed by atoms with E-state index in [2.05, 4.69) is 0 Å². The van der Waals surface area contributed by atoms with Crippen molar-refractivity contribution in [2.45, 2.75) is 57.3 Å². The van der Waals surface area contributed by atoms with Crippen LogP contribution in [0.15, 0.2) is 30.3 Å². The smallest absolute Gasteiger partial charge is 0.246 e. The highest BCUT2D eigenvalue weighted by Gasteiger charge is 2.27. The van der Waals surface area contributed by atoms with Crippen molar-refractivity contribution in [2.24, 2.45) is 11.7 Å². The van der Waals surface area contributed by atoms with Crippen molar-refractivity contribution in [3.8, 4) is 0 Å². The van der Waals surface area contributed by atoms with Gasteiger partial charge in [0.05, 0.1) is 11.7 Å². The van der Waals surface area contributed by atoms with E-state index >= 15 is 0 Å². The Morgan fingerprint density at radius 2 is 1.91 bits per heavy atom. The van der Waals surface area contributed by atoms with Crippen molar-refractivity contribution in [3.63, 3.8) is 0 Å². The lowest BCUT2D eigenvalue weighted by molar-refractivity contribution is -0.135. The second-order valence-corrected chi connectivity index (χ2v) is 6.68. The molecule has 23 heavy (non-hydrogen) atoms. The van der Waals surface area contributed by atoms with E-state index in [0.717, 1.165) is 5.56 Å². The quantitative estimate of drug-likeness (QED) is 0.343. The fraction of sp³-hybridized carbons (Fsp3) is 0.588. The Morgan fingerprint density at radius 3 is 2.43 bits per heavy atom. The topological polar surface area (TPSA) is 116 Å². The molecule has 6 N–H and O–H groups in total. The largest absolute Gasteiger partial charge is 0.391 e. The van der Waals surface area contributed by atoms with Gasteiger partial charge in [-0.2, -0.15) is 0 Å². The lowest BCUT2D eigenvalue weighted by Crippen LogP contribution is -2.41. The van der Waals surface area contributed by atoms with Gasteiger partial charge in [0.15, 0.2) is 0 Å². The molecule has 6 nitrogen and oxygen atoms in total. The van der Waals surface area contributed by atoms with E-state index in [9.17, 15) is 15.0 Å². The summed E-state index contributed by atoms with van der Waals surface area (Å²) < 4.78 is 0. The number of nitrogens with one attached hydrogen (secondary N) is 1. The minimum Gasteiger partial charge on any atom is -0.391 e. The van der Waals surface area contributed by atoms with Gasteiger partial charge in [-0.15, -0.1) is 0 Å². The second kappa shape index (κ2) is 8.98. The molecule has 0 aliphatic heterocycles. The molecule has 3 atom stereocenters. The van der Waals surface area contributed by atoms with Crippen LogP contribution in [0.4, 0.5) is 0 Å². The molecule has 0 radical (unpaired) electrons. The number of rotatable bonds is 9. The number of hydrogen-bond donors (Lipinski definition) is 5. The van der Waals surface area contributed by atoms with Gasteiger partial charge in [-0.05, 0) is 45.1 Å². The Bertz CT molecular complexity index is 473. The van der Waals surface area contributed by atoms with E-state index < -0.39 is 29.6 Å². The first-order valence-corrected chi connectivity index (χ1v) is 7.87. The normalized spacial score (nSPS) is 15.7. The fourth-order valence-electron chi connectivity index (χ4n) is 2.46. The Balaban J connectivity index is 2.60. The third kappa shape index (κ3) is 7.56. The Hall–Kier alpha value is -1.47. The van der Waals surface area contributed by atoms with Crippen LogP contribution >= 0.6 is 0 Å². The van der Waals surface area contributed by atoms with Gasteiger partial charge >= 0.3 is 0 Å². The lowest BCUT2D eigenvalue weighted by atomic mass is 9.88. The Morgan fingerprint density at radius 1 is 1.30 bits per heavy atom. The highest BCUT2D eigenvalue weighted by molar-refractivity contribution is 5.77. The summed E-state index contributed by atoms with van der Waals surface area (Å²) in [6.07, 6.45) is 0.494. The Kier molecular flexibility index (Phi) is 7.64. The van der Waals surface area contributed by atoms with Crippen molar-refractivity contribution in [1.29, 1.82) is 0 Å². The standard InChI is InChI=1S/C17H28N2O4/c1-17(2,22)9-8-13(16(21)19-23)11-15(20)14(18)10-12-6-4-3-5-7-12/h3-7,13-15,20,22-23H,8-11,18H2,1-2H3,(H,19,21)/t13-,14+,15+/m1/s1. The maximum Gasteiger partial charge on any atom is 0.246 e. The summed E-state index contributed by atoms with van der Waals surface area (Å²) in [4.78, 5) is 11.8. The fourth-order valence-corrected chi connectivity index (χ4v) is 2.46. The van der Waals surface area contributed by atoms with Crippen LogP contribution in [0.1, 0.15) is 38.7 Å². The molecular formula is C17H28N2O4. The average molecular weight is 324 g/mol. The molecule has 0 heterocycles. The first kappa shape index (κ1) is 19.6. The van der Waals surface area contributed by atoms with Crippen LogP contribution in [0.25, 0.3) is 0 Å². The number of nitrogens with two attached hydrogens (primary N) is 1. The molecule has 1 rings (SSSR count). The van der Waals surface area contributed by atoms with Crippen LogP contribution in [0.5, 0.6) is 0 Å². The van der Waals surface area contributed by atoms with Crippen molar-refractivity contribution in [1.82, 2.24) is 5.48 Å². The number of carbonyl (C=O) groups excluding carboxylic acids is 1. The molecule has 0 aromatic heterocycles. The van der Waals surface area contributed by atoms with Gasteiger partial charge in [0.1, 0.15) is 0 Å². The molecule has 0 fully saturated rings. The molecule has 1 aromatic rings. The zero-order valence-corrected chi connectivity index (χ0v) is 13.8. The number of amides is 1. The third-order valence-corrected chi connectivity index (χ3v) is 3.92. The predicted molar refractivity (Wildman–Crippen MR) is 87.7 cm³/mol. The summed E-state index contributed by atoms with van der Waals surface area (Å²) in [5.41, 5.74) is 7.75. The minimum absolute atomic E-state index is 0.135. The van der Waals surface area contributed by atoms with Gasteiger partial charge in [-0.3, -0.25) is 10.0 Å². The van der Waals surface area contributed by atoms with Gasteiger partial charge in [0, 0.05) is 12.0 Å². The van der Waals surface area contributed by atoms with Crippen molar-refractivity contribution in [2.75, 3.05) is 0 Å². The molecule has 0 unspecified atom stereocenters. The summed E-state index contributed by atoms with van der Waals surface area (Å²) in [7, 11) is 0. The number of hydrogen-bond acceptors (Lipinski definition) is 5. The maximum atomic E-state index is 11.8. The first-order valence-electron chi connectivity index (χ1n) is 7.87. The number of aliphatic hydroxyl groups is 2. The van der Waals surface area contributed by atoms with E-state index in [-0.39, 0.29) is 6.42 Å². The van der Waals surface area contributed by atoms with Crippen molar-refractivity contribution < 1.29 is 20.2 Å². The lowest BCUT2D eigenvalue weighted by Gasteiger charge is -2.25. The van der Waals surface area contributed by atoms with E-state index in [1.165, 1.54) is 0 Å². The average Bonchev–Trinajstić information content (AvgIpc) is 2.50. The number of aliphatic hydroxyl groups excluding tert-OH is 1. The molecule has 0 aliphatic rings. The summed E-state index contributed by atoms with van der Waals surface area (Å²) >= 11 is 0. The van der Waals surface area contributed by atoms with E-state index in [4.69, 9.17) is 10.9 Å². The van der Waals surface area contributed by atoms with Crippen LogP contribution in [0.3, 0.4) is 0 Å². The van der Waals surface area contributed by atoms with Gasteiger partial charge in [0.2, 0.25) is 5.91 Å². The summed E-state index contributed by atoms with van der Waals surface area (Å²) in [6.45, 7) is 3.30. The third-order valence-electron chi connectivity index (χ3n) is 3.92. The molecule has 0 spiro atoms. The predicted octanol–water partition coefficient (Wildman–Crippen LogP) is 0.980. The number of carbonyl (C=O) groups is 1. The monoisotopic (exact) mass is 324 g/mol. The molecular weight excluding hydrogens is 296 g/mol. The zero-order chi connectivity index (χ0) is 17.5. The molecule has 0 aliphatic carbocycles. The molecule has 1 aromatic carbocycles.